The molecule has 2 aliphatic rings. The predicted molar refractivity (Wildman–Crippen MR) is 47.4 cm³/mol. The molecule has 0 aliphatic heterocycles. The number of alkyl halides is 1. The minimum atomic E-state index is 0.734. The third kappa shape index (κ3) is 1.05. The van der Waals surface area contributed by atoms with E-state index < -0.39 is 0 Å². The van der Waals surface area contributed by atoms with E-state index in [1.807, 2.05) is 0 Å². The molecule has 0 heterocycles. The molecule has 2 unspecified atom stereocenters. The Morgan fingerprint density at radius 3 is 3.00 bits per heavy atom. The van der Waals surface area contributed by atoms with Crippen molar-refractivity contribution in [1.29, 1.82) is 0 Å². The molecular weight excluding hydrogens is 188 g/mol. The highest BCUT2D eigenvalue weighted by Crippen LogP contribution is 2.41. The Kier molecular flexibility index (Phi) is 1.86. The van der Waals surface area contributed by atoms with E-state index in [-0.39, 0.29) is 0 Å². The topological polar surface area (TPSA) is 0 Å². The normalized spacial score (nSPS) is 39.1. The lowest BCUT2D eigenvalue weighted by Gasteiger charge is -2.17. The van der Waals surface area contributed by atoms with Crippen molar-refractivity contribution in [3.05, 3.63) is 11.6 Å². The minimum Gasteiger partial charge on any atom is -0.0842 e. The third-order valence-electron chi connectivity index (χ3n) is 2.74. The lowest BCUT2D eigenvalue weighted by Crippen LogP contribution is -2.05. The Balaban J connectivity index is 2.19. The van der Waals surface area contributed by atoms with E-state index in [1.165, 1.54) is 32.1 Å². The Labute approximate surface area is 70.8 Å². The number of hydrogen-bond acceptors (Lipinski definition) is 0. The van der Waals surface area contributed by atoms with Crippen LogP contribution in [0.4, 0.5) is 0 Å². The van der Waals surface area contributed by atoms with E-state index in [2.05, 4.69) is 22.0 Å². The van der Waals surface area contributed by atoms with Gasteiger partial charge in [0.2, 0.25) is 0 Å². The maximum absolute atomic E-state index is 3.71. The zero-order valence-electron chi connectivity index (χ0n) is 6.15. The average molecular weight is 201 g/mol. The average Bonchev–Trinajstić information content (AvgIpc) is 2.34. The quantitative estimate of drug-likeness (QED) is 0.416. The molecule has 0 nitrogen and oxygen atoms in total. The van der Waals surface area contributed by atoms with Gasteiger partial charge >= 0.3 is 0 Å². The highest BCUT2D eigenvalue weighted by atomic mass is 79.9. The maximum atomic E-state index is 3.71. The summed E-state index contributed by atoms with van der Waals surface area (Å²) in [4.78, 5) is 0.734. The van der Waals surface area contributed by atoms with Gasteiger partial charge in [-0.15, -0.1) is 0 Å². The van der Waals surface area contributed by atoms with Gasteiger partial charge in [0.05, 0.1) is 0 Å². The summed E-state index contributed by atoms with van der Waals surface area (Å²) in [5.74, 6) is 0.957. The van der Waals surface area contributed by atoms with Crippen molar-refractivity contribution in [3.63, 3.8) is 0 Å². The van der Waals surface area contributed by atoms with E-state index in [0.717, 1.165) is 10.7 Å². The molecule has 56 valence electrons. The van der Waals surface area contributed by atoms with Gasteiger partial charge in [-0.25, -0.2) is 0 Å². The highest BCUT2D eigenvalue weighted by Gasteiger charge is 2.29. The first kappa shape index (κ1) is 6.90. The van der Waals surface area contributed by atoms with Crippen LogP contribution in [0.1, 0.15) is 32.1 Å². The molecular formula is C9H13Br. The Hall–Kier alpha value is 0.220. The molecule has 0 saturated heterocycles. The van der Waals surface area contributed by atoms with Gasteiger partial charge in [-0.3, -0.25) is 0 Å². The summed E-state index contributed by atoms with van der Waals surface area (Å²) in [5, 5.41) is 0. The molecule has 2 atom stereocenters. The van der Waals surface area contributed by atoms with Gasteiger partial charge in [-0.05, 0) is 38.0 Å². The van der Waals surface area contributed by atoms with Crippen molar-refractivity contribution in [2.45, 2.75) is 36.9 Å². The Morgan fingerprint density at radius 2 is 2.20 bits per heavy atom. The van der Waals surface area contributed by atoms with Gasteiger partial charge in [-0.1, -0.05) is 27.6 Å². The third-order valence-corrected chi connectivity index (χ3v) is 3.72. The summed E-state index contributed by atoms with van der Waals surface area (Å²) in [6.07, 6.45) is 9.47. The van der Waals surface area contributed by atoms with Crippen LogP contribution in [0.3, 0.4) is 0 Å². The monoisotopic (exact) mass is 200 g/mol. The van der Waals surface area contributed by atoms with Crippen molar-refractivity contribution in [2.75, 3.05) is 0 Å². The van der Waals surface area contributed by atoms with Crippen LogP contribution in [0, 0.1) is 5.92 Å². The summed E-state index contributed by atoms with van der Waals surface area (Å²) in [6, 6.07) is 0. The van der Waals surface area contributed by atoms with Gasteiger partial charge in [0.15, 0.2) is 0 Å². The van der Waals surface area contributed by atoms with Crippen LogP contribution >= 0.6 is 15.9 Å². The fraction of sp³-hybridized carbons (Fsp3) is 0.778. The molecule has 0 radical (unpaired) electrons. The highest BCUT2D eigenvalue weighted by molar-refractivity contribution is 9.09. The molecule has 1 saturated carbocycles. The molecule has 1 fully saturated rings. The molecule has 0 spiro atoms. The van der Waals surface area contributed by atoms with E-state index in [1.54, 1.807) is 5.57 Å². The standard InChI is InChI=1S/C9H13Br/c10-9-6-5-7-3-1-2-4-8(7)9/h4,7,9H,1-3,5-6H2. The second-order valence-corrected chi connectivity index (χ2v) is 4.48. The second-order valence-electron chi connectivity index (χ2n) is 3.38. The summed E-state index contributed by atoms with van der Waals surface area (Å²) < 4.78 is 0. The Bertz CT molecular complexity index is 160. The number of fused-ring (bicyclic) bond motifs is 1. The van der Waals surface area contributed by atoms with Gasteiger partial charge in [-0.2, -0.15) is 0 Å². The van der Waals surface area contributed by atoms with E-state index in [4.69, 9.17) is 0 Å². The zero-order valence-corrected chi connectivity index (χ0v) is 7.73. The number of rotatable bonds is 0. The van der Waals surface area contributed by atoms with Crippen molar-refractivity contribution in [2.24, 2.45) is 5.92 Å². The predicted octanol–water partition coefficient (Wildman–Crippen LogP) is 3.27. The van der Waals surface area contributed by atoms with Gasteiger partial charge in [0.1, 0.15) is 0 Å². The number of allylic oxidation sites excluding steroid dienone is 2. The molecule has 0 aromatic rings. The van der Waals surface area contributed by atoms with E-state index in [0.29, 0.717) is 0 Å². The van der Waals surface area contributed by atoms with Crippen LogP contribution in [0.2, 0.25) is 0 Å². The van der Waals surface area contributed by atoms with Crippen LogP contribution in [0.25, 0.3) is 0 Å². The number of hydrogen-bond donors (Lipinski definition) is 0. The van der Waals surface area contributed by atoms with Gasteiger partial charge < -0.3 is 0 Å². The maximum Gasteiger partial charge on any atom is 0.0357 e. The fourth-order valence-corrected chi connectivity index (χ4v) is 3.00. The lowest BCUT2D eigenvalue weighted by molar-refractivity contribution is 0.526. The summed E-state index contributed by atoms with van der Waals surface area (Å²) in [7, 11) is 0. The van der Waals surface area contributed by atoms with Crippen molar-refractivity contribution in [1.82, 2.24) is 0 Å². The van der Waals surface area contributed by atoms with Crippen LogP contribution in [0.15, 0.2) is 11.6 Å². The summed E-state index contributed by atoms with van der Waals surface area (Å²) in [6.45, 7) is 0. The second kappa shape index (κ2) is 2.69. The molecule has 0 bridgehead atoms. The van der Waals surface area contributed by atoms with E-state index >= 15 is 0 Å². The van der Waals surface area contributed by atoms with Gasteiger partial charge in [0, 0.05) is 4.83 Å². The SMILES string of the molecule is BrC1CCC2CCCC=C12. The first-order valence-electron chi connectivity index (χ1n) is 4.22. The number of halogens is 1. The van der Waals surface area contributed by atoms with Crippen LogP contribution < -0.4 is 0 Å². The molecule has 2 aliphatic carbocycles. The van der Waals surface area contributed by atoms with Crippen molar-refractivity contribution < 1.29 is 0 Å². The van der Waals surface area contributed by atoms with Crippen molar-refractivity contribution >= 4 is 15.9 Å². The van der Waals surface area contributed by atoms with Crippen LogP contribution in [-0.4, -0.2) is 4.83 Å². The largest absolute Gasteiger partial charge is 0.0842 e. The first-order valence-corrected chi connectivity index (χ1v) is 5.13. The molecule has 0 amide bonds. The lowest BCUT2D eigenvalue weighted by atomic mass is 9.90. The molecule has 0 aromatic carbocycles. The molecule has 0 aromatic heterocycles. The molecule has 0 N–H and O–H groups in total. The fourth-order valence-electron chi connectivity index (χ4n) is 2.18. The molecule has 2 rings (SSSR count). The van der Waals surface area contributed by atoms with Gasteiger partial charge in [0.25, 0.3) is 0 Å². The summed E-state index contributed by atoms with van der Waals surface area (Å²) >= 11 is 3.71. The molecule has 10 heavy (non-hydrogen) atoms. The molecule has 1 heteroatoms. The van der Waals surface area contributed by atoms with Crippen LogP contribution in [-0.2, 0) is 0 Å². The summed E-state index contributed by atoms with van der Waals surface area (Å²) in [5.41, 5.74) is 1.71. The van der Waals surface area contributed by atoms with Crippen molar-refractivity contribution in [3.8, 4) is 0 Å². The Morgan fingerprint density at radius 1 is 1.30 bits per heavy atom. The smallest absolute Gasteiger partial charge is 0.0357 e. The zero-order chi connectivity index (χ0) is 6.97. The first-order chi connectivity index (χ1) is 4.88. The van der Waals surface area contributed by atoms with Crippen LogP contribution in [0.5, 0.6) is 0 Å². The van der Waals surface area contributed by atoms with E-state index in [9.17, 15) is 0 Å². The minimum absolute atomic E-state index is 0.734.